The van der Waals surface area contributed by atoms with Crippen molar-refractivity contribution in [1.29, 1.82) is 0 Å². The Morgan fingerprint density at radius 3 is 2.94 bits per heavy atom. The van der Waals surface area contributed by atoms with Crippen molar-refractivity contribution in [3.8, 4) is 0 Å². The first-order valence-corrected chi connectivity index (χ1v) is 5.96. The lowest BCUT2D eigenvalue weighted by Crippen LogP contribution is -2.21. The van der Waals surface area contributed by atoms with E-state index < -0.39 is 0 Å². The maximum atomic E-state index is 11.4. The first-order chi connectivity index (χ1) is 7.63. The summed E-state index contributed by atoms with van der Waals surface area (Å²) in [5.41, 5.74) is 0.851. The Balaban J connectivity index is 2.04. The molecule has 88 valence electrons. The summed E-state index contributed by atoms with van der Waals surface area (Å²) in [6.07, 6.45) is 3.35. The zero-order valence-electron chi connectivity index (χ0n) is 9.92. The molecule has 4 heteroatoms. The average molecular weight is 221 g/mol. The lowest BCUT2D eigenvalue weighted by molar-refractivity contribution is 0.614. The number of nitrogens with zero attached hydrogens (tertiary/aromatic N) is 1. The van der Waals surface area contributed by atoms with Crippen molar-refractivity contribution in [2.24, 2.45) is 5.92 Å². The van der Waals surface area contributed by atoms with E-state index in [0.29, 0.717) is 18.5 Å². The van der Waals surface area contributed by atoms with Crippen LogP contribution in [0.15, 0.2) is 10.9 Å². The molecule has 4 nitrogen and oxygen atoms in total. The zero-order chi connectivity index (χ0) is 11.5. The summed E-state index contributed by atoms with van der Waals surface area (Å²) in [4.78, 5) is 18.7. The van der Waals surface area contributed by atoms with Crippen LogP contribution in [0.4, 0.5) is 0 Å². The molecule has 1 saturated carbocycles. The van der Waals surface area contributed by atoms with Gasteiger partial charge in [0.05, 0.1) is 6.54 Å². The minimum atomic E-state index is -0.0433. The number of aromatic amines is 1. The quantitative estimate of drug-likeness (QED) is 0.786. The van der Waals surface area contributed by atoms with Gasteiger partial charge in [-0.3, -0.25) is 4.79 Å². The van der Waals surface area contributed by atoms with Crippen molar-refractivity contribution in [1.82, 2.24) is 15.3 Å². The van der Waals surface area contributed by atoms with Gasteiger partial charge in [-0.2, -0.15) is 0 Å². The molecule has 2 N–H and O–H groups in total. The van der Waals surface area contributed by atoms with E-state index in [0.717, 1.165) is 17.9 Å². The van der Waals surface area contributed by atoms with Crippen molar-refractivity contribution < 1.29 is 0 Å². The Morgan fingerprint density at radius 1 is 1.56 bits per heavy atom. The summed E-state index contributed by atoms with van der Waals surface area (Å²) in [5, 5.41) is 3.35. The van der Waals surface area contributed by atoms with Crippen molar-refractivity contribution in [3.05, 3.63) is 27.9 Å². The van der Waals surface area contributed by atoms with Gasteiger partial charge in [-0.05, 0) is 25.2 Å². The molecular weight excluding hydrogens is 202 g/mol. The maximum Gasteiger partial charge on any atom is 0.251 e. The largest absolute Gasteiger partial charge is 0.309 e. The van der Waals surface area contributed by atoms with Gasteiger partial charge in [0, 0.05) is 17.8 Å². The Kier molecular flexibility index (Phi) is 3.39. The summed E-state index contributed by atoms with van der Waals surface area (Å²) < 4.78 is 0. The molecule has 2 rings (SSSR count). The molecule has 0 bridgehead atoms. The highest BCUT2D eigenvalue weighted by Crippen LogP contribution is 2.18. The van der Waals surface area contributed by atoms with Gasteiger partial charge in [-0.25, -0.2) is 4.98 Å². The van der Waals surface area contributed by atoms with Gasteiger partial charge < -0.3 is 10.3 Å². The van der Waals surface area contributed by atoms with Crippen LogP contribution in [0.5, 0.6) is 0 Å². The standard InChI is InChI=1S/C12H19N3O/c1-8(2)5-10-6-12(16)15-11(14-10)7-13-9-3-4-9/h6,8-9,13H,3-5,7H2,1-2H3,(H,14,15,16). The van der Waals surface area contributed by atoms with E-state index in [-0.39, 0.29) is 5.56 Å². The molecule has 0 unspecified atom stereocenters. The van der Waals surface area contributed by atoms with Crippen LogP contribution in [0, 0.1) is 5.92 Å². The third-order valence-corrected chi connectivity index (χ3v) is 2.60. The number of hydrogen-bond acceptors (Lipinski definition) is 3. The normalized spacial score (nSPS) is 15.7. The van der Waals surface area contributed by atoms with Crippen LogP contribution in [0.1, 0.15) is 38.2 Å². The van der Waals surface area contributed by atoms with E-state index in [2.05, 4.69) is 29.1 Å². The monoisotopic (exact) mass is 221 g/mol. The molecule has 0 radical (unpaired) electrons. The van der Waals surface area contributed by atoms with Crippen LogP contribution < -0.4 is 10.9 Å². The molecule has 0 aliphatic heterocycles. The van der Waals surface area contributed by atoms with Crippen LogP contribution in [0.25, 0.3) is 0 Å². The Labute approximate surface area is 95.5 Å². The molecule has 0 spiro atoms. The number of hydrogen-bond donors (Lipinski definition) is 2. The molecule has 1 aliphatic carbocycles. The highest BCUT2D eigenvalue weighted by molar-refractivity contribution is 5.04. The molecular formula is C12H19N3O. The van der Waals surface area contributed by atoms with Crippen molar-refractivity contribution in [2.45, 2.75) is 45.7 Å². The van der Waals surface area contributed by atoms with Crippen LogP contribution >= 0.6 is 0 Å². The van der Waals surface area contributed by atoms with Gasteiger partial charge in [-0.15, -0.1) is 0 Å². The third kappa shape index (κ3) is 3.45. The van der Waals surface area contributed by atoms with E-state index in [1.54, 1.807) is 6.07 Å². The molecule has 1 fully saturated rings. The lowest BCUT2D eigenvalue weighted by atomic mass is 10.1. The zero-order valence-corrected chi connectivity index (χ0v) is 9.92. The molecule has 0 atom stereocenters. The summed E-state index contributed by atoms with van der Waals surface area (Å²) in [6.45, 7) is 4.93. The second kappa shape index (κ2) is 4.78. The highest BCUT2D eigenvalue weighted by atomic mass is 16.1. The number of nitrogens with one attached hydrogen (secondary N) is 2. The molecule has 1 aromatic rings. The van der Waals surface area contributed by atoms with Crippen LogP contribution in [-0.4, -0.2) is 16.0 Å². The van der Waals surface area contributed by atoms with E-state index in [9.17, 15) is 4.79 Å². The molecule has 0 amide bonds. The summed E-state index contributed by atoms with van der Waals surface area (Å²) in [6, 6.07) is 2.24. The van der Waals surface area contributed by atoms with Crippen LogP contribution in [0.3, 0.4) is 0 Å². The third-order valence-electron chi connectivity index (χ3n) is 2.60. The van der Waals surface area contributed by atoms with Crippen molar-refractivity contribution in [2.75, 3.05) is 0 Å². The van der Waals surface area contributed by atoms with Crippen molar-refractivity contribution >= 4 is 0 Å². The molecule has 1 aromatic heterocycles. The Bertz CT molecular complexity index is 407. The van der Waals surface area contributed by atoms with Crippen LogP contribution in [-0.2, 0) is 13.0 Å². The Hall–Kier alpha value is -1.16. The second-order valence-corrected chi connectivity index (χ2v) is 4.94. The van der Waals surface area contributed by atoms with Crippen molar-refractivity contribution in [3.63, 3.8) is 0 Å². The van der Waals surface area contributed by atoms with Gasteiger partial charge in [0.1, 0.15) is 5.82 Å². The van der Waals surface area contributed by atoms with E-state index in [4.69, 9.17) is 0 Å². The Morgan fingerprint density at radius 2 is 2.31 bits per heavy atom. The lowest BCUT2D eigenvalue weighted by Gasteiger charge is -2.06. The smallest absolute Gasteiger partial charge is 0.251 e. The fraction of sp³-hybridized carbons (Fsp3) is 0.667. The van der Waals surface area contributed by atoms with E-state index in [1.807, 2.05) is 0 Å². The van der Waals surface area contributed by atoms with Crippen LogP contribution in [0.2, 0.25) is 0 Å². The molecule has 16 heavy (non-hydrogen) atoms. The summed E-state index contributed by atoms with van der Waals surface area (Å²) in [5.74, 6) is 1.29. The molecule has 1 aliphatic rings. The average Bonchev–Trinajstić information content (AvgIpc) is 2.95. The number of aromatic nitrogens is 2. The van der Waals surface area contributed by atoms with Gasteiger partial charge in [0.15, 0.2) is 0 Å². The van der Waals surface area contributed by atoms with Gasteiger partial charge in [0.25, 0.3) is 5.56 Å². The number of H-pyrrole nitrogens is 1. The fourth-order valence-corrected chi connectivity index (χ4v) is 1.70. The minimum absolute atomic E-state index is 0.0433. The fourth-order valence-electron chi connectivity index (χ4n) is 1.70. The van der Waals surface area contributed by atoms with E-state index >= 15 is 0 Å². The number of rotatable bonds is 5. The molecule has 0 saturated heterocycles. The molecule has 0 aromatic carbocycles. The predicted octanol–water partition coefficient (Wildman–Crippen LogP) is 1.22. The maximum absolute atomic E-state index is 11.4. The summed E-state index contributed by atoms with van der Waals surface area (Å²) >= 11 is 0. The first kappa shape index (κ1) is 11.3. The molecule has 1 heterocycles. The predicted molar refractivity (Wildman–Crippen MR) is 63.3 cm³/mol. The first-order valence-electron chi connectivity index (χ1n) is 5.96. The second-order valence-electron chi connectivity index (χ2n) is 4.94. The minimum Gasteiger partial charge on any atom is -0.309 e. The topological polar surface area (TPSA) is 57.8 Å². The van der Waals surface area contributed by atoms with Gasteiger partial charge in [-0.1, -0.05) is 13.8 Å². The van der Waals surface area contributed by atoms with Gasteiger partial charge in [0.2, 0.25) is 0 Å². The van der Waals surface area contributed by atoms with E-state index in [1.165, 1.54) is 12.8 Å². The van der Waals surface area contributed by atoms with Gasteiger partial charge >= 0.3 is 0 Å². The highest BCUT2D eigenvalue weighted by Gasteiger charge is 2.20. The SMILES string of the molecule is CC(C)Cc1cc(=O)[nH]c(CNC2CC2)n1. The summed E-state index contributed by atoms with van der Waals surface area (Å²) in [7, 11) is 0.